The van der Waals surface area contributed by atoms with Crippen LogP contribution >= 0.6 is 0 Å². The molecule has 3 heteroatoms. The SMILES string of the molecule is CCC/C=C/c1cccc([N+](=O)[O-])c1. The molecule has 1 rings (SSSR count). The van der Waals surface area contributed by atoms with Gasteiger partial charge in [-0.05, 0) is 12.0 Å². The van der Waals surface area contributed by atoms with E-state index in [1.165, 1.54) is 6.07 Å². The summed E-state index contributed by atoms with van der Waals surface area (Å²) in [6.45, 7) is 2.10. The fourth-order valence-electron chi connectivity index (χ4n) is 1.13. The summed E-state index contributed by atoms with van der Waals surface area (Å²) in [4.78, 5) is 10.1. The highest BCUT2D eigenvalue weighted by Gasteiger charge is 2.02. The van der Waals surface area contributed by atoms with Gasteiger partial charge in [0.2, 0.25) is 0 Å². The molecule has 14 heavy (non-hydrogen) atoms. The summed E-state index contributed by atoms with van der Waals surface area (Å²) in [7, 11) is 0. The third-order valence-corrected chi connectivity index (χ3v) is 1.85. The van der Waals surface area contributed by atoms with Gasteiger partial charge in [0, 0.05) is 12.1 Å². The molecular weight excluding hydrogens is 178 g/mol. The second-order valence-corrected chi connectivity index (χ2v) is 3.04. The van der Waals surface area contributed by atoms with Gasteiger partial charge in [-0.3, -0.25) is 10.1 Å². The molecule has 0 aliphatic carbocycles. The van der Waals surface area contributed by atoms with Crippen LogP contribution < -0.4 is 0 Å². The number of hydrogen-bond acceptors (Lipinski definition) is 2. The lowest BCUT2D eigenvalue weighted by molar-refractivity contribution is -0.384. The van der Waals surface area contributed by atoms with Crippen LogP contribution in [-0.2, 0) is 0 Å². The molecule has 0 saturated carbocycles. The van der Waals surface area contributed by atoms with Crippen LogP contribution in [0.1, 0.15) is 25.3 Å². The molecule has 0 unspecified atom stereocenters. The first-order chi connectivity index (χ1) is 6.74. The molecule has 0 aliphatic heterocycles. The molecule has 0 heterocycles. The lowest BCUT2D eigenvalue weighted by Gasteiger charge is -1.93. The Bertz CT molecular complexity index is 345. The molecular formula is C11H13NO2. The van der Waals surface area contributed by atoms with E-state index in [-0.39, 0.29) is 10.6 Å². The van der Waals surface area contributed by atoms with Crippen LogP contribution in [0.3, 0.4) is 0 Å². The molecule has 0 saturated heterocycles. The van der Waals surface area contributed by atoms with Gasteiger partial charge in [-0.1, -0.05) is 37.6 Å². The van der Waals surface area contributed by atoms with Gasteiger partial charge in [0.05, 0.1) is 4.92 Å². The van der Waals surface area contributed by atoms with E-state index < -0.39 is 0 Å². The van der Waals surface area contributed by atoms with Crippen molar-refractivity contribution in [2.24, 2.45) is 0 Å². The molecule has 0 bridgehead atoms. The number of non-ortho nitro benzene ring substituents is 1. The molecule has 0 spiro atoms. The molecule has 3 nitrogen and oxygen atoms in total. The minimum absolute atomic E-state index is 0.142. The zero-order valence-corrected chi connectivity index (χ0v) is 8.14. The summed E-state index contributed by atoms with van der Waals surface area (Å²) < 4.78 is 0. The summed E-state index contributed by atoms with van der Waals surface area (Å²) in [5.41, 5.74) is 1.02. The van der Waals surface area contributed by atoms with E-state index in [2.05, 4.69) is 6.92 Å². The zero-order valence-electron chi connectivity index (χ0n) is 8.14. The van der Waals surface area contributed by atoms with Crippen molar-refractivity contribution >= 4 is 11.8 Å². The normalized spacial score (nSPS) is 10.6. The number of nitro groups is 1. The molecule has 0 aliphatic rings. The monoisotopic (exact) mass is 191 g/mol. The van der Waals surface area contributed by atoms with Crippen LogP contribution in [0.2, 0.25) is 0 Å². The molecule has 0 aromatic heterocycles. The van der Waals surface area contributed by atoms with Gasteiger partial charge < -0.3 is 0 Å². The quantitative estimate of drug-likeness (QED) is 0.540. The van der Waals surface area contributed by atoms with E-state index >= 15 is 0 Å². The molecule has 1 aromatic carbocycles. The first kappa shape index (κ1) is 10.4. The highest BCUT2D eigenvalue weighted by atomic mass is 16.6. The maximum atomic E-state index is 10.5. The van der Waals surface area contributed by atoms with E-state index in [1.54, 1.807) is 12.1 Å². The van der Waals surface area contributed by atoms with Gasteiger partial charge in [-0.15, -0.1) is 0 Å². The first-order valence-corrected chi connectivity index (χ1v) is 4.65. The van der Waals surface area contributed by atoms with Crippen LogP contribution in [0.4, 0.5) is 5.69 Å². The van der Waals surface area contributed by atoms with Gasteiger partial charge >= 0.3 is 0 Å². The van der Waals surface area contributed by atoms with Crippen LogP contribution in [-0.4, -0.2) is 4.92 Å². The Hall–Kier alpha value is -1.64. The highest BCUT2D eigenvalue weighted by Crippen LogP contribution is 2.14. The van der Waals surface area contributed by atoms with E-state index in [9.17, 15) is 10.1 Å². The van der Waals surface area contributed by atoms with Crippen molar-refractivity contribution in [3.63, 3.8) is 0 Å². The minimum Gasteiger partial charge on any atom is -0.258 e. The van der Waals surface area contributed by atoms with Crippen molar-refractivity contribution in [3.8, 4) is 0 Å². The van der Waals surface area contributed by atoms with E-state index in [4.69, 9.17) is 0 Å². The molecule has 1 aromatic rings. The second-order valence-electron chi connectivity index (χ2n) is 3.04. The Kier molecular flexibility index (Phi) is 3.85. The Morgan fingerprint density at radius 3 is 2.93 bits per heavy atom. The molecule has 0 radical (unpaired) electrons. The van der Waals surface area contributed by atoms with Crippen molar-refractivity contribution in [1.29, 1.82) is 0 Å². The zero-order chi connectivity index (χ0) is 10.4. The van der Waals surface area contributed by atoms with Crippen molar-refractivity contribution in [2.75, 3.05) is 0 Å². The number of unbranched alkanes of at least 4 members (excludes halogenated alkanes) is 1. The summed E-state index contributed by atoms with van der Waals surface area (Å²) >= 11 is 0. The molecule has 0 N–H and O–H groups in total. The third kappa shape index (κ3) is 3.01. The maximum absolute atomic E-state index is 10.5. The van der Waals surface area contributed by atoms with Crippen LogP contribution in [0, 0.1) is 10.1 Å². The summed E-state index contributed by atoms with van der Waals surface area (Å²) in [5.74, 6) is 0. The van der Waals surface area contributed by atoms with Crippen LogP contribution in [0.5, 0.6) is 0 Å². The third-order valence-electron chi connectivity index (χ3n) is 1.85. The Labute approximate surface area is 83.2 Å². The largest absolute Gasteiger partial charge is 0.270 e. The highest BCUT2D eigenvalue weighted by molar-refractivity contribution is 5.53. The fraction of sp³-hybridized carbons (Fsp3) is 0.273. The first-order valence-electron chi connectivity index (χ1n) is 4.65. The van der Waals surface area contributed by atoms with Crippen molar-refractivity contribution in [3.05, 3.63) is 46.0 Å². The van der Waals surface area contributed by atoms with Gasteiger partial charge in [-0.25, -0.2) is 0 Å². The van der Waals surface area contributed by atoms with Gasteiger partial charge in [0.1, 0.15) is 0 Å². The smallest absolute Gasteiger partial charge is 0.258 e. The predicted molar refractivity (Wildman–Crippen MR) is 57.0 cm³/mol. The van der Waals surface area contributed by atoms with E-state index in [0.717, 1.165) is 18.4 Å². The fourth-order valence-corrected chi connectivity index (χ4v) is 1.13. The number of rotatable bonds is 4. The number of nitro benzene ring substituents is 1. The number of nitrogens with zero attached hydrogens (tertiary/aromatic N) is 1. The number of benzene rings is 1. The summed E-state index contributed by atoms with van der Waals surface area (Å²) in [6, 6.07) is 6.63. The lowest BCUT2D eigenvalue weighted by Crippen LogP contribution is -1.87. The van der Waals surface area contributed by atoms with Crippen molar-refractivity contribution < 1.29 is 4.92 Å². The predicted octanol–water partition coefficient (Wildman–Crippen LogP) is 3.41. The molecule has 0 fully saturated rings. The summed E-state index contributed by atoms with van der Waals surface area (Å²) in [5, 5.41) is 10.5. The molecule has 0 atom stereocenters. The summed E-state index contributed by atoms with van der Waals surface area (Å²) in [6.07, 6.45) is 6.03. The Morgan fingerprint density at radius 1 is 1.50 bits per heavy atom. The molecule has 74 valence electrons. The van der Waals surface area contributed by atoms with Gasteiger partial charge in [0.25, 0.3) is 5.69 Å². The van der Waals surface area contributed by atoms with Crippen molar-refractivity contribution in [1.82, 2.24) is 0 Å². The maximum Gasteiger partial charge on any atom is 0.270 e. The van der Waals surface area contributed by atoms with E-state index in [1.807, 2.05) is 18.2 Å². The molecule has 0 amide bonds. The minimum atomic E-state index is -0.378. The second kappa shape index (κ2) is 5.17. The average Bonchev–Trinajstić information content (AvgIpc) is 2.19. The lowest BCUT2D eigenvalue weighted by atomic mass is 10.1. The van der Waals surface area contributed by atoms with Gasteiger partial charge in [-0.2, -0.15) is 0 Å². The average molecular weight is 191 g/mol. The Morgan fingerprint density at radius 2 is 2.29 bits per heavy atom. The van der Waals surface area contributed by atoms with E-state index in [0.29, 0.717) is 0 Å². The number of allylic oxidation sites excluding steroid dienone is 1. The van der Waals surface area contributed by atoms with Crippen LogP contribution in [0.15, 0.2) is 30.3 Å². The van der Waals surface area contributed by atoms with Gasteiger partial charge in [0.15, 0.2) is 0 Å². The topological polar surface area (TPSA) is 43.1 Å². The standard InChI is InChI=1S/C11H13NO2/c1-2-3-4-6-10-7-5-8-11(9-10)12(13)14/h4-9H,2-3H2,1H3/b6-4+. The Balaban J connectivity index is 2.78. The van der Waals surface area contributed by atoms with Crippen LogP contribution in [0.25, 0.3) is 6.08 Å². The number of hydrogen-bond donors (Lipinski definition) is 0. The van der Waals surface area contributed by atoms with Crippen molar-refractivity contribution in [2.45, 2.75) is 19.8 Å².